The molecule has 1 saturated carbocycles. The lowest BCUT2D eigenvalue weighted by atomic mass is 9.96. The highest BCUT2D eigenvalue weighted by Gasteiger charge is 2.32. The summed E-state index contributed by atoms with van der Waals surface area (Å²) < 4.78 is 13.1. The lowest BCUT2D eigenvalue weighted by molar-refractivity contribution is 0.201. The number of hydrogen-bond acceptors (Lipinski definition) is 2. The van der Waals surface area contributed by atoms with Crippen LogP contribution in [0.2, 0.25) is 0 Å². The second-order valence-electron chi connectivity index (χ2n) is 6.55. The topological polar surface area (TPSA) is 15.3 Å². The number of rotatable bonds is 5. The van der Waals surface area contributed by atoms with Crippen molar-refractivity contribution in [2.75, 3.05) is 26.7 Å². The van der Waals surface area contributed by atoms with E-state index in [0.717, 1.165) is 18.4 Å². The van der Waals surface area contributed by atoms with Crippen LogP contribution in [0.3, 0.4) is 0 Å². The summed E-state index contributed by atoms with van der Waals surface area (Å²) in [7, 11) is 2.21. The van der Waals surface area contributed by atoms with E-state index in [-0.39, 0.29) is 5.82 Å². The minimum Gasteiger partial charge on any atom is -0.309 e. The third-order valence-electron chi connectivity index (χ3n) is 4.67. The van der Waals surface area contributed by atoms with Gasteiger partial charge in [-0.05, 0) is 75.4 Å². The van der Waals surface area contributed by atoms with Gasteiger partial charge in [-0.25, -0.2) is 4.39 Å². The van der Waals surface area contributed by atoms with Gasteiger partial charge in [0.05, 0.1) is 0 Å². The van der Waals surface area contributed by atoms with E-state index in [1.165, 1.54) is 44.3 Å². The maximum Gasteiger partial charge on any atom is 0.123 e. The van der Waals surface area contributed by atoms with Crippen molar-refractivity contribution in [1.29, 1.82) is 0 Å². The van der Waals surface area contributed by atoms with Crippen LogP contribution in [0.5, 0.6) is 0 Å². The summed E-state index contributed by atoms with van der Waals surface area (Å²) >= 11 is 0. The standard InChI is InChI=1S/C17H25FN2/c1-20-10-2-3-13(12-20)11-19-17(14-4-5-14)15-6-8-16(18)9-7-15/h6-9,13-14,17,19H,2-5,10-12H2,1H3. The van der Waals surface area contributed by atoms with E-state index < -0.39 is 0 Å². The van der Waals surface area contributed by atoms with E-state index in [0.29, 0.717) is 6.04 Å². The zero-order valence-electron chi connectivity index (χ0n) is 12.3. The van der Waals surface area contributed by atoms with Crippen molar-refractivity contribution in [2.24, 2.45) is 11.8 Å². The highest BCUT2D eigenvalue weighted by atomic mass is 19.1. The number of benzene rings is 1. The molecular formula is C17H25FN2. The first-order chi connectivity index (χ1) is 9.72. The van der Waals surface area contributed by atoms with Crippen LogP contribution in [0.25, 0.3) is 0 Å². The Bertz CT molecular complexity index is 427. The monoisotopic (exact) mass is 276 g/mol. The third-order valence-corrected chi connectivity index (χ3v) is 4.67. The van der Waals surface area contributed by atoms with Crippen molar-refractivity contribution in [3.05, 3.63) is 35.6 Å². The van der Waals surface area contributed by atoms with Crippen molar-refractivity contribution >= 4 is 0 Å². The summed E-state index contributed by atoms with van der Waals surface area (Å²) in [5, 5.41) is 3.76. The Morgan fingerprint density at radius 1 is 1.25 bits per heavy atom. The fourth-order valence-corrected chi connectivity index (χ4v) is 3.39. The van der Waals surface area contributed by atoms with Gasteiger partial charge >= 0.3 is 0 Å². The van der Waals surface area contributed by atoms with Crippen LogP contribution in [-0.2, 0) is 0 Å². The molecule has 0 bridgehead atoms. The molecule has 1 aliphatic carbocycles. The zero-order chi connectivity index (χ0) is 13.9. The maximum atomic E-state index is 13.1. The lowest BCUT2D eigenvalue weighted by Crippen LogP contribution is -2.38. The van der Waals surface area contributed by atoms with Gasteiger partial charge in [0.15, 0.2) is 0 Å². The smallest absolute Gasteiger partial charge is 0.123 e. The molecule has 3 heteroatoms. The van der Waals surface area contributed by atoms with Crippen LogP contribution in [0.1, 0.15) is 37.3 Å². The number of halogens is 1. The van der Waals surface area contributed by atoms with Crippen LogP contribution in [0.4, 0.5) is 4.39 Å². The molecule has 1 saturated heterocycles. The zero-order valence-corrected chi connectivity index (χ0v) is 12.3. The van der Waals surface area contributed by atoms with E-state index >= 15 is 0 Å². The Morgan fingerprint density at radius 2 is 2.00 bits per heavy atom. The van der Waals surface area contributed by atoms with Gasteiger partial charge in [0.2, 0.25) is 0 Å². The van der Waals surface area contributed by atoms with Crippen molar-refractivity contribution in [1.82, 2.24) is 10.2 Å². The van der Waals surface area contributed by atoms with Crippen molar-refractivity contribution in [3.63, 3.8) is 0 Å². The highest BCUT2D eigenvalue weighted by molar-refractivity contribution is 5.22. The van der Waals surface area contributed by atoms with Gasteiger partial charge in [0.1, 0.15) is 5.82 Å². The molecule has 1 aromatic carbocycles. The minimum atomic E-state index is -0.141. The average molecular weight is 276 g/mol. The lowest BCUT2D eigenvalue weighted by Gasteiger charge is -2.31. The molecule has 3 rings (SSSR count). The molecular weight excluding hydrogens is 251 g/mol. The third kappa shape index (κ3) is 3.58. The van der Waals surface area contributed by atoms with Gasteiger partial charge < -0.3 is 10.2 Å². The van der Waals surface area contributed by atoms with E-state index in [2.05, 4.69) is 17.3 Å². The molecule has 2 atom stereocenters. The van der Waals surface area contributed by atoms with Gasteiger partial charge in [-0.2, -0.15) is 0 Å². The van der Waals surface area contributed by atoms with Crippen molar-refractivity contribution < 1.29 is 4.39 Å². The second-order valence-corrected chi connectivity index (χ2v) is 6.55. The summed E-state index contributed by atoms with van der Waals surface area (Å²) in [4.78, 5) is 2.43. The highest BCUT2D eigenvalue weighted by Crippen LogP contribution is 2.41. The summed E-state index contributed by atoms with van der Waals surface area (Å²) in [6.45, 7) is 3.53. The minimum absolute atomic E-state index is 0.141. The molecule has 0 amide bonds. The Hall–Kier alpha value is -0.930. The maximum absolute atomic E-state index is 13.1. The molecule has 0 aromatic heterocycles. The molecule has 110 valence electrons. The molecule has 0 radical (unpaired) electrons. The van der Waals surface area contributed by atoms with Crippen LogP contribution in [-0.4, -0.2) is 31.6 Å². The van der Waals surface area contributed by atoms with Crippen LogP contribution in [0.15, 0.2) is 24.3 Å². The normalized spacial score (nSPS) is 25.6. The second kappa shape index (κ2) is 6.23. The molecule has 1 aromatic rings. The van der Waals surface area contributed by atoms with Gasteiger partial charge in [-0.1, -0.05) is 12.1 Å². The Balaban J connectivity index is 1.59. The first kappa shape index (κ1) is 14.0. The van der Waals surface area contributed by atoms with Gasteiger partial charge in [0, 0.05) is 12.6 Å². The molecule has 1 heterocycles. The van der Waals surface area contributed by atoms with Crippen molar-refractivity contribution in [2.45, 2.75) is 31.7 Å². The molecule has 2 fully saturated rings. The van der Waals surface area contributed by atoms with E-state index in [4.69, 9.17) is 0 Å². The van der Waals surface area contributed by atoms with Gasteiger partial charge in [-0.15, -0.1) is 0 Å². The summed E-state index contributed by atoms with van der Waals surface area (Å²) in [5.41, 5.74) is 1.25. The SMILES string of the molecule is CN1CCCC(CNC(c2ccc(F)cc2)C2CC2)C1. The molecule has 2 unspecified atom stereocenters. The van der Waals surface area contributed by atoms with E-state index in [9.17, 15) is 4.39 Å². The quantitative estimate of drug-likeness (QED) is 0.888. The average Bonchev–Trinajstić information content (AvgIpc) is 3.26. The molecule has 20 heavy (non-hydrogen) atoms. The number of hydrogen-bond donors (Lipinski definition) is 1. The Kier molecular flexibility index (Phi) is 4.37. The van der Waals surface area contributed by atoms with E-state index in [1.54, 1.807) is 12.1 Å². The molecule has 0 spiro atoms. The predicted molar refractivity (Wildman–Crippen MR) is 80.1 cm³/mol. The number of nitrogens with one attached hydrogen (secondary N) is 1. The molecule has 1 aliphatic heterocycles. The molecule has 1 N–H and O–H groups in total. The van der Waals surface area contributed by atoms with Gasteiger partial charge in [0.25, 0.3) is 0 Å². The Morgan fingerprint density at radius 3 is 2.65 bits per heavy atom. The fraction of sp³-hybridized carbons (Fsp3) is 0.647. The molecule has 2 nitrogen and oxygen atoms in total. The van der Waals surface area contributed by atoms with Gasteiger partial charge in [-0.3, -0.25) is 0 Å². The van der Waals surface area contributed by atoms with Crippen LogP contribution < -0.4 is 5.32 Å². The largest absolute Gasteiger partial charge is 0.309 e. The Labute approximate surface area is 121 Å². The van der Waals surface area contributed by atoms with E-state index in [1.807, 2.05) is 12.1 Å². The predicted octanol–water partition coefficient (Wildman–Crippen LogP) is 3.21. The summed E-state index contributed by atoms with van der Waals surface area (Å²) in [5.74, 6) is 1.37. The first-order valence-electron chi connectivity index (χ1n) is 7.90. The fourth-order valence-electron chi connectivity index (χ4n) is 3.39. The van der Waals surface area contributed by atoms with Crippen molar-refractivity contribution in [3.8, 4) is 0 Å². The summed E-state index contributed by atoms with van der Waals surface area (Å²) in [6, 6.07) is 7.47. The number of piperidine rings is 1. The van der Waals surface area contributed by atoms with Crippen LogP contribution in [0, 0.1) is 17.7 Å². The summed E-state index contributed by atoms with van der Waals surface area (Å²) in [6.07, 6.45) is 5.25. The molecule has 2 aliphatic rings. The number of likely N-dealkylation sites (tertiary alicyclic amines) is 1. The first-order valence-corrected chi connectivity index (χ1v) is 7.90. The number of nitrogens with zero attached hydrogens (tertiary/aromatic N) is 1. The van der Waals surface area contributed by atoms with Crippen LogP contribution >= 0.6 is 0 Å².